The van der Waals surface area contributed by atoms with Gasteiger partial charge in [0, 0.05) is 23.0 Å². The minimum absolute atomic E-state index is 0.163. The second-order valence-electron chi connectivity index (χ2n) is 9.22. The van der Waals surface area contributed by atoms with Gasteiger partial charge in [0.2, 0.25) is 0 Å². The number of rotatable bonds is 0. The number of halogens is 1. The van der Waals surface area contributed by atoms with Crippen molar-refractivity contribution in [1.82, 2.24) is 0 Å². The Bertz CT molecular complexity index is 517. The van der Waals surface area contributed by atoms with Crippen LogP contribution in [-0.2, 0) is 23.3 Å². The SMILES string of the molecule is C[n+]1c(C(C)(C)C)cc(C(C)(C)C)cc1C(C)(C)C.[O-][Cl+3]([O-])([O-])O. The van der Waals surface area contributed by atoms with Crippen molar-refractivity contribution >= 4 is 0 Å². The molecule has 0 spiro atoms. The molecule has 0 aliphatic carbocycles. The van der Waals surface area contributed by atoms with Crippen LogP contribution in [0.25, 0.3) is 0 Å². The Balaban J connectivity index is 0.000000922. The fraction of sp³-hybridized carbons (Fsp3) is 0.722. The summed E-state index contributed by atoms with van der Waals surface area (Å²) in [5, 5.41) is 0. The van der Waals surface area contributed by atoms with E-state index in [0.717, 1.165) is 0 Å². The second-order valence-corrected chi connectivity index (χ2v) is 10.0. The van der Waals surface area contributed by atoms with E-state index in [0.29, 0.717) is 0 Å². The lowest BCUT2D eigenvalue weighted by Crippen LogP contribution is -2.58. The van der Waals surface area contributed by atoms with Crippen molar-refractivity contribution in [3.05, 3.63) is 29.1 Å². The second kappa shape index (κ2) is 7.26. The van der Waals surface area contributed by atoms with Crippen molar-refractivity contribution in [1.29, 1.82) is 0 Å². The minimum Gasteiger partial charge on any atom is -0.201 e. The molecule has 0 aliphatic heterocycles. The predicted molar refractivity (Wildman–Crippen MR) is 85.9 cm³/mol. The highest BCUT2D eigenvalue weighted by Crippen LogP contribution is 2.30. The summed E-state index contributed by atoms with van der Waals surface area (Å²) in [5.74, 6) is 0. The molecule has 1 rings (SSSR count). The smallest absolute Gasteiger partial charge is 0.186 e. The predicted octanol–water partition coefficient (Wildman–Crippen LogP) is 0.280. The summed E-state index contributed by atoms with van der Waals surface area (Å²) in [5.41, 5.74) is 4.76. The lowest BCUT2D eigenvalue weighted by Gasteiger charge is -2.27. The van der Waals surface area contributed by atoms with Gasteiger partial charge >= 0.3 is 0 Å². The Morgan fingerprint density at radius 1 is 0.750 bits per heavy atom. The van der Waals surface area contributed by atoms with Gasteiger partial charge in [0.15, 0.2) is 11.4 Å². The van der Waals surface area contributed by atoms with E-state index in [4.69, 9.17) is 18.6 Å². The fourth-order valence-corrected chi connectivity index (χ4v) is 2.53. The van der Waals surface area contributed by atoms with Crippen LogP contribution in [0.3, 0.4) is 0 Å². The molecule has 5 nitrogen and oxygen atoms in total. The Morgan fingerprint density at radius 3 is 1.17 bits per heavy atom. The van der Waals surface area contributed by atoms with Crippen molar-refractivity contribution in [2.45, 2.75) is 78.6 Å². The van der Waals surface area contributed by atoms with Crippen LogP contribution in [0.15, 0.2) is 12.1 Å². The van der Waals surface area contributed by atoms with Crippen molar-refractivity contribution in [3.63, 3.8) is 0 Å². The molecule has 0 saturated carbocycles. The molecule has 6 heteroatoms. The van der Waals surface area contributed by atoms with Crippen LogP contribution in [0.5, 0.6) is 0 Å². The Labute approximate surface area is 148 Å². The number of aromatic nitrogens is 1. The van der Waals surface area contributed by atoms with Crippen LogP contribution in [0.2, 0.25) is 0 Å². The summed E-state index contributed by atoms with van der Waals surface area (Å²) in [4.78, 5) is 0. The van der Waals surface area contributed by atoms with Gasteiger partial charge in [-0.05, 0) is 11.0 Å². The van der Waals surface area contributed by atoms with E-state index < -0.39 is 10.2 Å². The lowest BCUT2D eigenvalue weighted by molar-refractivity contribution is -1.92. The molecular formula is C18H33ClNO4+. The molecule has 1 heterocycles. The first-order valence-corrected chi connectivity index (χ1v) is 9.19. The summed E-state index contributed by atoms with van der Waals surface area (Å²) in [6.07, 6.45) is 0. The van der Waals surface area contributed by atoms with Gasteiger partial charge in [-0.1, -0.05) is 62.3 Å². The zero-order valence-electron chi connectivity index (χ0n) is 16.7. The van der Waals surface area contributed by atoms with Gasteiger partial charge in [-0.25, -0.2) is 4.57 Å². The van der Waals surface area contributed by atoms with Crippen LogP contribution < -0.4 is 18.5 Å². The van der Waals surface area contributed by atoms with E-state index in [9.17, 15) is 0 Å². The average Bonchev–Trinajstić information content (AvgIpc) is 2.21. The summed E-state index contributed by atoms with van der Waals surface area (Å²) in [7, 11) is -2.49. The monoisotopic (exact) mass is 362 g/mol. The van der Waals surface area contributed by atoms with E-state index in [2.05, 4.69) is 86.1 Å². The molecule has 0 aromatic carbocycles. The molecule has 140 valence electrons. The average molecular weight is 363 g/mol. The molecular weight excluding hydrogens is 330 g/mol. The number of nitrogens with zero attached hydrogens (tertiary/aromatic N) is 1. The standard InChI is InChI=1S/C18H32N.ClHO4/c1-16(2,3)13-11-14(17(4,5)6)19(10)15(12-13)18(7,8)9;2-1(3,4)5/h11-12H,1-10H3;(H,2,3,4,5)/q+1;. The largest absolute Gasteiger partial charge is 0.201 e. The van der Waals surface area contributed by atoms with Gasteiger partial charge in [0.05, 0.1) is 14.9 Å². The molecule has 0 bridgehead atoms. The maximum Gasteiger partial charge on any atom is 0.186 e. The first-order chi connectivity index (χ1) is 10.2. The first-order valence-electron chi connectivity index (χ1n) is 7.93. The van der Waals surface area contributed by atoms with Gasteiger partial charge in [-0.15, -0.1) is 0 Å². The third-order valence-electron chi connectivity index (χ3n) is 3.71. The van der Waals surface area contributed by atoms with Crippen molar-refractivity contribution in [3.8, 4) is 0 Å². The molecule has 0 radical (unpaired) electrons. The van der Waals surface area contributed by atoms with E-state index in [-0.39, 0.29) is 16.2 Å². The Morgan fingerprint density at radius 2 is 1.00 bits per heavy atom. The van der Waals surface area contributed by atoms with Crippen LogP contribution in [-0.4, -0.2) is 4.66 Å². The maximum absolute atomic E-state index is 8.60. The topological polar surface area (TPSA) is 93.3 Å². The van der Waals surface area contributed by atoms with Crippen LogP contribution in [0.4, 0.5) is 0 Å². The van der Waals surface area contributed by atoms with Gasteiger partial charge < -0.3 is 0 Å². The highest BCUT2D eigenvalue weighted by molar-refractivity contribution is 5.28. The molecule has 1 aromatic heterocycles. The van der Waals surface area contributed by atoms with Crippen LogP contribution >= 0.6 is 0 Å². The lowest BCUT2D eigenvalue weighted by atomic mass is 9.80. The Kier molecular flexibility index (Phi) is 7.04. The minimum atomic E-state index is -4.69. The third-order valence-corrected chi connectivity index (χ3v) is 3.71. The van der Waals surface area contributed by atoms with Gasteiger partial charge in [-0.3, -0.25) is 0 Å². The molecule has 1 aromatic rings. The molecule has 1 N–H and O–H groups in total. The third kappa shape index (κ3) is 7.90. The quantitative estimate of drug-likeness (QED) is 0.671. The van der Waals surface area contributed by atoms with E-state index in [1.165, 1.54) is 17.0 Å². The maximum atomic E-state index is 8.60. The summed E-state index contributed by atoms with van der Waals surface area (Å²) in [6, 6.07) is 4.77. The molecule has 0 aliphatic rings. The van der Waals surface area contributed by atoms with Crippen LogP contribution in [0, 0.1) is 10.2 Å². The number of hydrogen-bond acceptors (Lipinski definition) is 4. The molecule has 0 unspecified atom stereocenters. The van der Waals surface area contributed by atoms with E-state index in [1.54, 1.807) is 0 Å². The van der Waals surface area contributed by atoms with E-state index >= 15 is 0 Å². The van der Waals surface area contributed by atoms with Crippen molar-refractivity contribution in [2.24, 2.45) is 7.05 Å². The summed E-state index contributed by atoms with van der Waals surface area (Å²) in [6.45, 7) is 20.6. The summed E-state index contributed by atoms with van der Waals surface area (Å²) < 4.78 is 35.1. The summed E-state index contributed by atoms with van der Waals surface area (Å²) >= 11 is 0. The zero-order chi connectivity index (χ0) is 19.7. The molecule has 0 fully saturated rings. The van der Waals surface area contributed by atoms with Gasteiger partial charge in [0.1, 0.15) is 7.05 Å². The van der Waals surface area contributed by atoms with Gasteiger partial charge in [0.25, 0.3) is 0 Å². The van der Waals surface area contributed by atoms with Crippen molar-refractivity contribution in [2.75, 3.05) is 0 Å². The number of pyridine rings is 1. The zero-order valence-corrected chi connectivity index (χ0v) is 17.4. The normalized spacial score (nSPS) is 13.4. The van der Waals surface area contributed by atoms with Crippen LogP contribution in [0.1, 0.15) is 79.3 Å². The first kappa shape index (κ1) is 23.3. The molecule has 0 amide bonds. The van der Waals surface area contributed by atoms with Crippen molar-refractivity contribution < 1.29 is 33.4 Å². The highest BCUT2D eigenvalue weighted by atomic mass is 35.7. The Hall–Kier alpha value is -0.720. The highest BCUT2D eigenvalue weighted by Gasteiger charge is 2.33. The number of hydrogen-bond donors (Lipinski definition) is 1. The molecule has 0 saturated heterocycles. The molecule has 24 heavy (non-hydrogen) atoms. The van der Waals surface area contributed by atoms with Gasteiger partial charge in [-0.2, -0.15) is 14.0 Å². The fourth-order valence-electron chi connectivity index (χ4n) is 2.53. The van der Waals surface area contributed by atoms with E-state index in [1.807, 2.05) is 0 Å². The molecule has 0 atom stereocenters.